The minimum atomic E-state index is -3.87. The van der Waals surface area contributed by atoms with Crippen molar-refractivity contribution in [2.24, 2.45) is 5.90 Å². The topological polar surface area (TPSA) is 156 Å². The molecule has 0 fully saturated rings. The molecule has 12 heavy (non-hydrogen) atoms. The molecule has 0 saturated heterocycles. The van der Waals surface area contributed by atoms with Crippen LogP contribution in [-0.2, 0) is 18.5 Å². The Kier molecular flexibility index (Phi) is 4.40. The zero-order valence-corrected chi connectivity index (χ0v) is 7.96. The van der Waals surface area contributed by atoms with Gasteiger partial charge in [-0.05, 0) is 0 Å². The predicted octanol–water partition coefficient (Wildman–Crippen LogP) is -2.20. The molecule has 0 saturated carbocycles. The summed E-state index contributed by atoms with van der Waals surface area (Å²) in [7, 11) is -11.6. The van der Waals surface area contributed by atoms with Crippen molar-refractivity contribution in [2.75, 3.05) is 0 Å². The molecule has 0 aliphatic rings. The molecule has 0 aromatic carbocycles. The molecule has 0 heterocycles. The van der Waals surface area contributed by atoms with Crippen molar-refractivity contribution >= 4 is 24.1 Å². The first-order valence-corrected chi connectivity index (χ1v) is 5.74. The molecule has 68 valence electrons. The Morgan fingerprint density at radius 1 is 1.00 bits per heavy atom. The molecule has 8 nitrogen and oxygen atoms in total. The van der Waals surface area contributed by atoms with E-state index >= 15 is 0 Å². The summed E-state index contributed by atoms with van der Waals surface area (Å²) in [4.78, 5) is 30.7. The lowest BCUT2D eigenvalue weighted by atomic mass is 11.6. The van der Waals surface area contributed by atoms with Crippen LogP contribution in [0.3, 0.4) is 0 Å². The van der Waals surface area contributed by atoms with E-state index in [1.165, 1.54) is 0 Å². The average Bonchev–Trinajstić information content (AvgIpc) is 1.86. The first-order valence-electron chi connectivity index (χ1n) is 2.21. The molecule has 0 bridgehead atoms. The van der Waals surface area contributed by atoms with Gasteiger partial charge in [0.15, 0.2) is 0 Å². The summed E-state index contributed by atoms with van der Waals surface area (Å²) in [6, 6.07) is 0. The molecule has 11 heteroatoms. The second-order valence-electron chi connectivity index (χ2n) is 1.46. The molecule has 2 N–H and O–H groups in total. The van der Waals surface area contributed by atoms with Gasteiger partial charge in [0, 0.05) is 0 Å². The third-order valence-electron chi connectivity index (χ3n) is 0.872. The van der Waals surface area contributed by atoms with Gasteiger partial charge in [0.2, 0.25) is 0 Å². The maximum absolute atomic E-state index is 10.2. The van der Waals surface area contributed by atoms with Crippen LogP contribution < -0.4 is 20.6 Å². The molecule has 0 amide bonds. The third-order valence-corrected chi connectivity index (χ3v) is 5.55. The van der Waals surface area contributed by atoms with E-state index in [4.69, 9.17) is 0 Å². The summed E-state index contributed by atoms with van der Waals surface area (Å²) in [5, 5.41) is 0. The molecule has 3 unspecified atom stereocenters. The van der Waals surface area contributed by atoms with Crippen LogP contribution in [-0.4, -0.2) is 4.82 Å². The van der Waals surface area contributed by atoms with Crippen molar-refractivity contribution in [3.63, 3.8) is 0 Å². The van der Waals surface area contributed by atoms with Crippen LogP contribution in [0, 0.1) is 0 Å². The molecule has 0 aliphatic heterocycles. The zero-order valence-electron chi connectivity index (χ0n) is 5.28. The van der Waals surface area contributed by atoms with Gasteiger partial charge in [-0.25, -0.2) is 5.90 Å². The Morgan fingerprint density at radius 3 is 1.25 bits per heavy atom. The van der Waals surface area contributed by atoms with Crippen molar-refractivity contribution in [3.8, 4) is 0 Å². The van der Waals surface area contributed by atoms with E-state index in [2.05, 4.69) is 10.7 Å². The second-order valence-corrected chi connectivity index (χ2v) is 5.95. The Hall–Kier alpha value is 0.1000. The smallest absolute Gasteiger partial charge is 0.585 e. The summed E-state index contributed by atoms with van der Waals surface area (Å²) >= 11 is 0. The van der Waals surface area contributed by atoms with E-state index in [0.29, 0.717) is 0 Å². The molecule has 0 aromatic rings. The quantitative estimate of drug-likeness (QED) is 0.423. The maximum atomic E-state index is 10.2. The SMILES string of the molecule is NOC([P+](=O)[O-])([P+](=O)[O-])[P+](=O)[O-]. The number of hydrogen-bond acceptors (Lipinski definition) is 8. The van der Waals surface area contributed by atoms with E-state index < -0.39 is 28.9 Å². The molecule has 0 aliphatic carbocycles. The molecule has 0 spiro atoms. The van der Waals surface area contributed by atoms with Crippen LogP contribution in [0.4, 0.5) is 0 Å². The van der Waals surface area contributed by atoms with E-state index in [0.717, 1.165) is 0 Å². The first kappa shape index (κ1) is 12.1. The summed E-state index contributed by atoms with van der Waals surface area (Å²) in [6.07, 6.45) is 0. The van der Waals surface area contributed by atoms with Crippen LogP contribution in [0.25, 0.3) is 0 Å². The molecular weight excluding hydrogens is 231 g/mol. The number of nitrogens with two attached hydrogens (primary N) is 1. The van der Waals surface area contributed by atoms with E-state index in [1.807, 2.05) is 0 Å². The molecule has 0 radical (unpaired) electrons. The fourth-order valence-electron chi connectivity index (χ4n) is 0.329. The Bertz CT molecular complexity index is 201. The third kappa shape index (κ3) is 1.88. The highest BCUT2D eigenvalue weighted by Crippen LogP contribution is 2.59. The predicted molar refractivity (Wildman–Crippen MR) is 30.8 cm³/mol. The van der Waals surface area contributed by atoms with Gasteiger partial charge in [0.1, 0.15) is 0 Å². The average molecular weight is 233 g/mol. The largest absolute Gasteiger partial charge is 0.632 e. The molecule has 0 rings (SSSR count). The molecule has 3 atom stereocenters. The van der Waals surface area contributed by atoms with Crippen LogP contribution >= 0.6 is 24.1 Å². The first-order chi connectivity index (χ1) is 5.39. The summed E-state index contributed by atoms with van der Waals surface area (Å²) in [6.45, 7) is 0. The fourth-order valence-corrected chi connectivity index (χ4v) is 2.19. The normalized spacial score (nSPS) is 19.5. The van der Waals surface area contributed by atoms with Gasteiger partial charge in [-0.2, -0.15) is 4.84 Å². The van der Waals surface area contributed by atoms with Crippen LogP contribution in [0.15, 0.2) is 0 Å². The van der Waals surface area contributed by atoms with E-state index in [1.54, 1.807) is 0 Å². The maximum Gasteiger partial charge on any atom is 0.632 e. The van der Waals surface area contributed by atoms with Gasteiger partial charge >= 0.3 is 28.9 Å². The van der Waals surface area contributed by atoms with Crippen LogP contribution in [0.2, 0.25) is 0 Å². The van der Waals surface area contributed by atoms with E-state index in [9.17, 15) is 28.4 Å². The van der Waals surface area contributed by atoms with Crippen molar-refractivity contribution in [2.45, 2.75) is 4.82 Å². The van der Waals surface area contributed by atoms with Crippen LogP contribution in [0.1, 0.15) is 0 Å². The standard InChI is InChI=1S/CH2NO7P3/c2-9-1(10(3)4,11(5)6)12(7)8/h2H2. The van der Waals surface area contributed by atoms with Gasteiger partial charge in [-0.1, -0.05) is 13.7 Å². The molecule has 0 aromatic heterocycles. The minimum absolute atomic E-state index is 3.32. The number of rotatable bonds is 4. The highest BCUT2D eigenvalue weighted by Gasteiger charge is 2.72. The Balaban J connectivity index is 5.19. The van der Waals surface area contributed by atoms with Gasteiger partial charge in [0.05, 0.1) is 0 Å². The van der Waals surface area contributed by atoms with Gasteiger partial charge in [-0.15, -0.1) is 0 Å². The monoisotopic (exact) mass is 233 g/mol. The van der Waals surface area contributed by atoms with Gasteiger partial charge in [-0.3, -0.25) is 0 Å². The fraction of sp³-hybridized carbons (Fsp3) is 1.00. The van der Waals surface area contributed by atoms with Crippen molar-refractivity contribution in [1.29, 1.82) is 0 Å². The molecular formula is CH2NO7P3. The summed E-state index contributed by atoms with van der Waals surface area (Å²) in [5.74, 6) is 4.26. The van der Waals surface area contributed by atoms with Crippen LogP contribution in [0.5, 0.6) is 0 Å². The second kappa shape index (κ2) is 4.37. The minimum Gasteiger partial charge on any atom is -0.585 e. The van der Waals surface area contributed by atoms with E-state index in [-0.39, 0.29) is 0 Å². The number of hydrogen-bond donors (Lipinski definition) is 1. The lowest BCUT2D eigenvalue weighted by Gasteiger charge is -2.04. The Morgan fingerprint density at radius 2 is 1.25 bits per heavy atom. The lowest BCUT2D eigenvalue weighted by Crippen LogP contribution is -2.32. The summed E-state index contributed by atoms with van der Waals surface area (Å²) in [5.41, 5.74) is 0. The lowest BCUT2D eigenvalue weighted by molar-refractivity contribution is -0.202. The summed E-state index contributed by atoms with van der Waals surface area (Å²) < 4.78 is 30.6. The highest BCUT2D eigenvalue weighted by molar-refractivity contribution is 7.74. The van der Waals surface area contributed by atoms with Gasteiger partial charge < -0.3 is 14.7 Å². The Labute approximate surface area is 68.9 Å². The highest BCUT2D eigenvalue weighted by atomic mass is 31.2. The van der Waals surface area contributed by atoms with Crippen molar-refractivity contribution in [1.82, 2.24) is 0 Å². The van der Waals surface area contributed by atoms with Crippen molar-refractivity contribution in [3.05, 3.63) is 0 Å². The van der Waals surface area contributed by atoms with Gasteiger partial charge in [0.25, 0.3) is 0 Å². The van der Waals surface area contributed by atoms with Crippen molar-refractivity contribution < 1.29 is 33.2 Å². The zero-order chi connectivity index (χ0) is 9.94.